The number of nitrogens with one attached hydrogen (secondary N) is 1. The van der Waals surface area contributed by atoms with Gasteiger partial charge in [-0.3, -0.25) is 4.79 Å². The molecule has 0 unspecified atom stereocenters. The monoisotopic (exact) mass is 245 g/mol. The van der Waals surface area contributed by atoms with E-state index in [-0.39, 0.29) is 11.8 Å². The zero-order valence-corrected chi connectivity index (χ0v) is 9.38. The lowest BCUT2D eigenvalue weighted by Gasteiger charge is -2.05. The van der Waals surface area contributed by atoms with Crippen LogP contribution in [0.3, 0.4) is 0 Å². The third-order valence-corrected chi connectivity index (χ3v) is 2.40. The predicted molar refractivity (Wildman–Crippen MR) is 63.8 cm³/mol. The standard InChI is InChI=1S/C11H8FN5O/c1-6-9(7-2-4-8(12)5-3-7)14-11(16-17-13)15-10(6)18/h2-5H,1H3,(H,14,15,18). The lowest BCUT2D eigenvalue weighted by atomic mass is 10.1. The molecule has 0 saturated carbocycles. The second-order valence-electron chi connectivity index (χ2n) is 3.56. The lowest BCUT2D eigenvalue weighted by Crippen LogP contribution is -2.12. The van der Waals surface area contributed by atoms with Gasteiger partial charge in [-0.15, -0.1) is 0 Å². The van der Waals surface area contributed by atoms with E-state index in [1.807, 2.05) is 0 Å². The number of hydrogen-bond donors (Lipinski definition) is 1. The number of H-pyrrole nitrogens is 1. The number of azide groups is 1. The van der Waals surface area contributed by atoms with Gasteiger partial charge in [0.2, 0.25) is 0 Å². The summed E-state index contributed by atoms with van der Waals surface area (Å²) in [6.45, 7) is 1.59. The number of halogens is 1. The van der Waals surface area contributed by atoms with Crippen LogP contribution < -0.4 is 5.56 Å². The highest BCUT2D eigenvalue weighted by molar-refractivity contribution is 5.63. The molecule has 90 valence electrons. The summed E-state index contributed by atoms with van der Waals surface area (Å²) in [6.07, 6.45) is 0. The highest BCUT2D eigenvalue weighted by atomic mass is 19.1. The van der Waals surface area contributed by atoms with Gasteiger partial charge in [0.25, 0.3) is 5.56 Å². The lowest BCUT2D eigenvalue weighted by molar-refractivity contribution is 0.628. The fourth-order valence-corrected chi connectivity index (χ4v) is 1.50. The maximum Gasteiger partial charge on any atom is 0.254 e. The molecule has 2 aromatic rings. The molecule has 0 atom stereocenters. The van der Waals surface area contributed by atoms with Gasteiger partial charge in [-0.2, -0.15) is 0 Å². The van der Waals surface area contributed by atoms with E-state index in [9.17, 15) is 9.18 Å². The molecule has 7 heteroatoms. The van der Waals surface area contributed by atoms with Crippen molar-refractivity contribution in [2.45, 2.75) is 6.92 Å². The normalized spacial score (nSPS) is 9.89. The van der Waals surface area contributed by atoms with Gasteiger partial charge in [-0.25, -0.2) is 9.37 Å². The SMILES string of the molecule is Cc1c(-c2ccc(F)cc2)nc(N=[N+]=[N-])[nH]c1=O. The number of aromatic amines is 1. The van der Waals surface area contributed by atoms with Crippen molar-refractivity contribution in [3.63, 3.8) is 0 Å². The zero-order chi connectivity index (χ0) is 13.1. The summed E-state index contributed by atoms with van der Waals surface area (Å²) >= 11 is 0. The number of aromatic nitrogens is 2. The van der Waals surface area contributed by atoms with E-state index in [1.54, 1.807) is 6.92 Å². The van der Waals surface area contributed by atoms with Crippen molar-refractivity contribution >= 4 is 5.95 Å². The number of benzene rings is 1. The largest absolute Gasteiger partial charge is 0.305 e. The molecule has 0 bridgehead atoms. The molecule has 1 heterocycles. The molecular formula is C11H8FN5O. The highest BCUT2D eigenvalue weighted by Crippen LogP contribution is 2.20. The Morgan fingerprint density at radius 3 is 2.67 bits per heavy atom. The Hall–Kier alpha value is -2.66. The minimum Gasteiger partial charge on any atom is -0.305 e. The first-order chi connectivity index (χ1) is 8.61. The van der Waals surface area contributed by atoms with Crippen LogP contribution in [0.5, 0.6) is 0 Å². The predicted octanol–water partition coefficient (Wildman–Crippen LogP) is 2.83. The van der Waals surface area contributed by atoms with Crippen LogP contribution in [0.1, 0.15) is 5.56 Å². The second kappa shape index (κ2) is 4.68. The molecular weight excluding hydrogens is 237 g/mol. The van der Waals surface area contributed by atoms with Crippen LogP contribution in [0.25, 0.3) is 21.7 Å². The molecule has 0 aliphatic heterocycles. The molecule has 2 rings (SSSR count). The van der Waals surface area contributed by atoms with Gasteiger partial charge in [0, 0.05) is 16.0 Å². The Morgan fingerprint density at radius 2 is 2.06 bits per heavy atom. The Balaban J connectivity index is 2.66. The maximum atomic E-state index is 12.8. The van der Waals surface area contributed by atoms with E-state index in [0.29, 0.717) is 16.8 Å². The molecule has 1 aromatic carbocycles. The van der Waals surface area contributed by atoms with E-state index in [0.717, 1.165) is 0 Å². The quantitative estimate of drug-likeness (QED) is 0.500. The number of rotatable bonds is 2. The topological polar surface area (TPSA) is 94.5 Å². The molecule has 0 saturated heterocycles. The minimum atomic E-state index is -0.397. The smallest absolute Gasteiger partial charge is 0.254 e. The van der Waals surface area contributed by atoms with Crippen LogP contribution in [-0.4, -0.2) is 9.97 Å². The van der Waals surface area contributed by atoms with Crippen LogP contribution in [0.2, 0.25) is 0 Å². The highest BCUT2D eigenvalue weighted by Gasteiger charge is 2.09. The molecule has 6 nitrogen and oxygen atoms in total. The molecule has 18 heavy (non-hydrogen) atoms. The van der Waals surface area contributed by atoms with Gasteiger partial charge < -0.3 is 4.98 Å². The second-order valence-corrected chi connectivity index (χ2v) is 3.56. The van der Waals surface area contributed by atoms with Crippen molar-refractivity contribution in [1.82, 2.24) is 9.97 Å². The van der Waals surface area contributed by atoms with Gasteiger partial charge >= 0.3 is 0 Å². The van der Waals surface area contributed by atoms with E-state index >= 15 is 0 Å². The molecule has 0 aliphatic rings. The zero-order valence-electron chi connectivity index (χ0n) is 9.38. The minimum absolute atomic E-state index is 0.118. The molecule has 1 aromatic heterocycles. The average Bonchev–Trinajstić information content (AvgIpc) is 2.35. The van der Waals surface area contributed by atoms with E-state index in [2.05, 4.69) is 20.0 Å². The van der Waals surface area contributed by atoms with Crippen LogP contribution in [0, 0.1) is 12.7 Å². The van der Waals surface area contributed by atoms with Crippen molar-refractivity contribution < 1.29 is 4.39 Å². The maximum absolute atomic E-state index is 12.8. The van der Waals surface area contributed by atoms with E-state index in [4.69, 9.17) is 5.53 Å². The molecule has 0 radical (unpaired) electrons. The molecule has 1 N–H and O–H groups in total. The van der Waals surface area contributed by atoms with Crippen molar-refractivity contribution in [1.29, 1.82) is 0 Å². The summed E-state index contributed by atoms with van der Waals surface area (Å²) in [7, 11) is 0. The average molecular weight is 245 g/mol. The van der Waals surface area contributed by atoms with Crippen LogP contribution in [-0.2, 0) is 0 Å². The van der Waals surface area contributed by atoms with Crippen LogP contribution in [0.4, 0.5) is 10.3 Å². The van der Waals surface area contributed by atoms with Gasteiger partial charge in [-0.1, -0.05) is 0 Å². The van der Waals surface area contributed by atoms with E-state index < -0.39 is 5.56 Å². The Kier molecular flexibility index (Phi) is 3.07. The fraction of sp³-hybridized carbons (Fsp3) is 0.0909. The Morgan fingerprint density at radius 1 is 1.39 bits per heavy atom. The summed E-state index contributed by atoms with van der Waals surface area (Å²) in [6, 6.07) is 5.55. The summed E-state index contributed by atoms with van der Waals surface area (Å²) in [4.78, 5) is 20.5. The first-order valence-electron chi connectivity index (χ1n) is 5.04. The molecule has 0 amide bonds. The summed E-state index contributed by atoms with van der Waals surface area (Å²) < 4.78 is 12.8. The molecule has 0 fully saturated rings. The Bertz CT molecular complexity index is 686. The Labute approximate surface area is 101 Å². The van der Waals surface area contributed by atoms with Gasteiger partial charge in [0.15, 0.2) is 5.95 Å². The van der Waals surface area contributed by atoms with Gasteiger partial charge in [0.05, 0.1) is 5.69 Å². The van der Waals surface area contributed by atoms with Crippen molar-refractivity contribution in [3.05, 3.63) is 56.4 Å². The summed E-state index contributed by atoms with van der Waals surface area (Å²) in [5.41, 5.74) is 9.24. The van der Waals surface area contributed by atoms with Crippen molar-refractivity contribution in [3.8, 4) is 11.3 Å². The van der Waals surface area contributed by atoms with E-state index in [1.165, 1.54) is 24.3 Å². The number of hydrogen-bond acceptors (Lipinski definition) is 3. The van der Waals surface area contributed by atoms with Crippen molar-refractivity contribution in [2.24, 2.45) is 5.11 Å². The fourth-order valence-electron chi connectivity index (χ4n) is 1.50. The molecule has 0 aliphatic carbocycles. The molecule has 0 spiro atoms. The third kappa shape index (κ3) is 2.21. The number of nitrogens with zero attached hydrogens (tertiary/aromatic N) is 4. The third-order valence-electron chi connectivity index (χ3n) is 2.40. The van der Waals surface area contributed by atoms with Crippen LogP contribution >= 0.6 is 0 Å². The summed E-state index contributed by atoms with van der Waals surface area (Å²) in [5, 5.41) is 3.25. The van der Waals surface area contributed by atoms with Crippen molar-refractivity contribution in [2.75, 3.05) is 0 Å². The van der Waals surface area contributed by atoms with Crippen LogP contribution in [0.15, 0.2) is 34.2 Å². The first-order valence-corrected chi connectivity index (χ1v) is 5.04. The summed E-state index contributed by atoms with van der Waals surface area (Å²) in [5.74, 6) is -0.496. The van der Waals surface area contributed by atoms with Gasteiger partial charge in [0.1, 0.15) is 5.82 Å². The first kappa shape index (κ1) is 11.8. The van der Waals surface area contributed by atoms with Gasteiger partial charge in [-0.05, 0) is 41.8 Å².